The molecular weight excluding hydrogens is 304 g/mol. The summed E-state index contributed by atoms with van der Waals surface area (Å²) >= 11 is 0. The lowest BCUT2D eigenvalue weighted by atomic mass is 9.54. The first-order chi connectivity index (χ1) is 11.4. The zero-order chi connectivity index (χ0) is 17.1. The van der Waals surface area contributed by atoms with Crippen LogP contribution in [0.3, 0.4) is 0 Å². The van der Waals surface area contributed by atoms with E-state index >= 15 is 0 Å². The van der Waals surface area contributed by atoms with E-state index in [0.29, 0.717) is 18.4 Å². The maximum atomic E-state index is 11.9. The van der Waals surface area contributed by atoms with Crippen LogP contribution in [0.25, 0.3) is 0 Å². The number of hydrogen-bond acceptors (Lipinski definition) is 4. The summed E-state index contributed by atoms with van der Waals surface area (Å²) in [4.78, 5) is 11.9. The number of carbonyl (C=O) groups is 1. The summed E-state index contributed by atoms with van der Waals surface area (Å²) < 4.78 is 5.21. The molecule has 0 saturated heterocycles. The quantitative estimate of drug-likeness (QED) is 0.818. The Morgan fingerprint density at radius 3 is 2.83 bits per heavy atom. The normalized spacial score (nSPS) is 32.8. The number of aliphatic hydroxyl groups is 2. The lowest BCUT2D eigenvalue weighted by Gasteiger charge is -2.52. The number of benzene rings is 1. The van der Waals surface area contributed by atoms with Gasteiger partial charge in [-0.2, -0.15) is 0 Å². The standard InChI is InChI=1S/C20H24O4/c1-12(10-21)13-3-4-16-14(9-13)5-8-20(23)17-11-24-18(22)15(17)6-7-19(16,20)2/h3-4,9,12,21,23H,5-8,10-11H2,1-2H3/t12?,19-,20-/m1/s1. The number of carbonyl (C=O) groups excluding carboxylic acids is 1. The Bertz CT molecular complexity index is 750. The third kappa shape index (κ3) is 1.90. The van der Waals surface area contributed by atoms with Crippen LogP contribution in [0.1, 0.15) is 55.7 Å². The van der Waals surface area contributed by atoms with Gasteiger partial charge in [0.15, 0.2) is 0 Å². The van der Waals surface area contributed by atoms with Crippen LogP contribution >= 0.6 is 0 Å². The lowest BCUT2D eigenvalue weighted by molar-refractivity contribution is -0.136. The molecule has 0 radical (unpaired) electrons. The number of aryl methyl sites for hydroxylation is 1. The average Bonchev–Trinajstić information content (AvgIpc) is 2.97. The van der Waals surface area contributed by atoms with Crippen LogP contribution in [-0.2, 0) is 21.4 Å². The molecule has 0 aromatic heterocycles. The van der Waals surface area contributed by atoms with Crippen molar-refractivity contribution >= 4 is 5.97 Å². The van der Waals surface area contributed by atoms with Gasteiger partial charge in [-0.05, 0) is 42.4 Å². The zero-order valence-corrected chi connectivity index (χ0v) is 14.3. The van der Waals surface area contributed by atoms with Crippen molar-refractivity contribution in [3.05, 3.63) is 46.0 Å². The smallest absolute Gasteiger partial charge is 0.334 e. The van der Waals surface area contributed by atoms with Crippen LogP contribution in [0.4, 0.5) is 0 Å². The Morgan fingerprint density at radius 1 is 1.29 bits per heavy atom. The summed E-state index contributed by atoms with van der Waals surface area (Å²) in [7, 11) is 0. The van der Waals surface area contributed by atoms with E-state index in [1.807, 2.05) is 6.92 Å². The van der Waals surface area contributed by atoms with Crippen molar-refractivity contribution in [2.24, 2.45) is 0 Å². The molecule has 3 atom stereocenters. The highest BCUT2D eigenvalue weighted by Crippen LogP contribution is 2.56. The van der Waals surface area contributed by atoms with Crippen LogP contribution < -0.4 is 0 Å². The van der Waals surface area contributed by atoms with Crippen LogP contribution in [0.5, 0.6) is 0 Å². The molecule has 3 aliphatic rings. The van der Waals surface area contributed by atoms with Gasteiger partial charge in [-0.1, -0.05) is 32.0 Å². The lowest BCUT2D eigenvalue weighted by Crippen LogP contribution is -2.56. The van der Waals surface area contributed by atoms with Crippen molar-refractivity contribution in [1.29, 1.82) is 0 Å². The fraction of sp³-hybridized carbons (Fsp3) is 0.550. The fourth-order valence-electron chi connectivity index (χ4n) is 4.84. The second-order valence-electron chi connectivity index (χ2n) is 7.73. The molecule has 0 spiro atoms. The highest BCUT2D eigenvalue weighted by Gasteiger charge is 2.58. The molecular formula is C20H24O4. The Hall–Kier alpha value is -1.65. The molecule has 24 heavy (non-hydrogen) atoms. The zero-order valence-electron chi connectivity index (χ0n) is 14.3. The minimum atomic E-state index is -0.996. The third-order valence-electron chi connectivity index (χ3n) is 6.57. The highest BCUT2D eigenvalue weighted by molar-refractivity contribution is 5.93. The van der Waals surface area contributed by atoms with Gasteiger partial charge in [0, 0.05) is 29.1 Å². The second-order valence-corrected chi connectivity index (χ2v) is 7.73. The maximum Gasteiger partial charge on any atom is 0.334 e. The van der Waals surface area contributed by atoms with Crippen molar-refractivity contribution in [3.8, 4) is 0 Å². The topological polar surface area (TPSA) is 66.8 Å². The molecule has 0 bridgehead atoms. The molecule has 1 heterocycles. The van der Waals surface area contributed by atoms with Gasteiger partial charge in [-0.25, -0.2) is 4.79 Å². The summed E-state index contributed by atoms with van der Waals surface area (Å²) in [6.45, 7) is 4.50. The maximum absolute atomic E-state index is 11.9. The molecule has 0 fully saturated rings. The van der Waals surface area contributed by atoms with E-state index in [1.54, 1.807) is 0 Å². The molecule has 1 aromatic carbocycles. The van der Waals surface area contributed by atoms with Gasteiger partial charge < -0.3 is 14.9 Å². The highest BCUT2D eigenvalue weighted by atomic mass is 16.5. The van der Waals surface area contributed by atoms with Gasteiger partial charge in [0.2, 0.25) is 0 Å². The van der Waals surface area contributed by atoms with Gasteiger partial charge in [-0.3, -0.25) is 0 Å². The molecule has 1 aromatic rings. The van der Waals surface area contributed by atoms with E-state index in [1.165, 1.54) is 11.1 Å². The van der Waals surface area contributed by atoms with E-state index in [2.05, 4.69) is 25.1 Å². The first-order valence-electron chi connectivity index (χ1n) is 8.77. The van der Waals surface area contributed by atoms with Crippen LogP contribution in [-0.4, -0.2) is 35.0 Å². The fourth-order valence-corrected chi connectivity index (χ4v) is 4.84. The van der Waals surface area contributed by atoms with Crippen molar-refractivity contribution in [3.63, 3.8) is 0 Å². The average molecular weight is 328 g/mol. The SMILES string of the molecule is CC(CO)c1ccc2c(c1)CC[C@@]1(O)C3=C(CC[C@]21C)C(=O)OC3. The van der Waals surface area contributed by atoms with E-state index < -0.39 is 11.0 Å². The van der Waals surface area contributed by atoms with Gasteiger partial charge in [0.1, 0.15) is 6.61 Å². The van der Waals surface area contributed by atoms with Crippen molar-refractivity contribution < 1.29 is 19.7 Å². The monoisotopic (exact) mass is 328 g/mol. The summed E-state index contributed by atoms with van der Waals surface area (Å²) in [6.07, 6.45) is 2.81. The molecule has 2 aliphatic carbocycles. The van der Waals surface area contributed by atoms with Crippen LogP contribution in [0, 0.1) is 0 Å². The molecule has 128 valence electrons. The van der Waals surface area contributed by atoms with Crippen LogP contribution in [0.15, 0.2) is 29.3 Å². The predicted octanol–water partition coefficient (Wildman–Crippen LogP) is 2.36. The number of ether oxygens (including phenoxy) is 1. The van der Waals surface area contributed by atoms with E-state index in [0.717, 1.165) is 24.0 Å². The van der Waals surface area contributed by atoms with Gasteiger partial charge in [0.25, 0.3) is 0 Å². The summed E-state index contributed by atoms with van der Waals surface area (Å²) in [5.41, 5.74) is 3.69. The van der Waals surface area contributed by atoms with Crippen molar-refractivity contribution in [2.75, 3.05) is 13.2 Å². The van der Waals surface area contributed by atoms with Gasteiger partial charge in [0.05, 0.1) is 5.60 Å². The minimum absolute atomic E-state index is 0.116. The predicted molar refractivity (Wildman–Crippen MR) is 89.8 cm³/mol. The Labute approximate surface area is 142 Å². The molecule has 2 N–H and O–H groups in total. The second kappa shape index (κ2) is 5.17. The van der Waals surface area contributed by atoms with Crippen molar-refractivity contribution in [1.82, 2.24) is 0 Å². The Kier molecular flexibility index (Phi) is 3.42. The molecule has 1 aliphatic heterocycles. The largest absolute Gasteiger partial charge is 0.458 e. The summed E-state index contributed by atoms with van der Waals surface area (Å²) in [6, 6.07) is 6.36. The first-order valence-corrected chi connectivity index (χ1v) is 8.77. The van der Waals surface area contributed by atoms with E-state index in [9.17, 15) is 15.0 Å². The molecule has 0 amide bonds. The van der Waals surface area contributed by atoms with E-state index in [4.69, 9.17) is 4.74 Å². The summed E-state index contributed by atoms with van der Waals surface area (Å²) in [5.74, 6) is -0.135. The number of cyclic esters (lactones) is 1. The molecule has 4 heteroatoms. The molecule has 1 unspecified atom stereocenters. The minimum Gasteiger partial charge on any atom is -0.458 e. The number of esters is 1. The molecule has 0 saturated carbocycles. The number of rotatable bonds is 2. The molecule has 4 rings (SSSR count). The number of hydrogen-bond donors (Lipinski definition) is 2. The third-order valence-corrected chi connectivity index (χ3v) is 6.57. The number of fused-ring (bicyclic) bond motifs is 4. The first kappa shape index (κ1) is 15.9. The van der Waals surface area contributed by atoms with Gasteiger partial charge >= 0.3 is 5.97 Å². The van der Waals surface area contributed by atoms with Gasteiger partial charge in [-0.15, -0.1) is 0 Å². The Morgan fingerprint density at radius 2 is 2.08 bits per heavy atom. The summed E-state index contributed by atoms with van der Waals surface area (Å²) in [5, 5.41) is 21.0. The Balaban J connectivity index is 1.82. The van der Waals surface area contributed by atoms with Crippen molar-refractivity contribution in [2.45, 2.75) is 56.5 Å². The molecule has 4 nitrogen and oxygen atoms in total. The van der Waals surface area contributed by atoms with E-state index in [-0.39, 0.29) is 25.1 Å². The number of aliphatic hydroxyl groups excluding tert-OH is 1. The van der Waals surface area contributed by atoms with Crippen LogP contribution in [0.2, 0.25) is 0 Å².